The van der Waals surface area contributed by atoms with E-state index in [-0.39, 0.29) is 6.10 Å². The highest BCUT2D eigenvalue weighted by Gasteiger charge is 2.18. The van der Waals surface area contributed by atoms with Crippen molar-refractivity contribution in [3.05, 3.63) is 42.6 Å². The summed E-state index contributed by atoms with van der Waals surface area (Å²) in [5.74, 6) is 0.755. The van der Waals surface area contributed by atoms with Gasteiger partial charge in [0, 0.05) is 5.56 Å². The molecule has 1 aliphatic rings. The maximum atomic E-state index is 12.1. The van der Waals surface area contributed by atoms with Gasteiger partial charge in [0.25, 0.3) is 0 Å². The highest BCUT2D eigenvalue weighted by Crippen LogP contribution is 2.23. The van der Waals surface area contributed by atoms with Gasteiger partial charge in [0.2, 0.25) is 0 Å². The van der Waals surface area contributed by atoms with E-state index in [0.717, 1.165) is 42.6 Å². The van der Waals surface area contributed by atoms with E-state index in [0.29, 0.717) is 11.3 Å². The second-order valence-electron chi connectivity index (χ2n) is 6.34. The minimum Gasteiger partial charge on any atom is -0.446 e. The van der Waals surface area contributed by atoms with Crippen molar-refractivity contribution in [2.75, 3.05) is 5.32 Å². The third-order valence-corrected chi connectivity index (χ3v) is 4.46. The molecular weight excluding hydrogens is 316 g/mol. The molecule has 2 aromatic heterocycles. The predicted octanol–water partition coefficient (Wildman–Crippen LogP) is 4.51. The molecule has 6 heteroatoms. The second kappa shape index (κ2) is 6.93. The fourth-order valence-corrected chi connectivity index (χ4v) is 3.18. The van der Waals surface area contributed by atoms with Gasteiger partial charge in [0.15, 0.2) is 5.65 Å². The number of aromatic nitrogens is 3. The molecule has 0 saturated heterocycles. The standard InChI is InChI=1S/C19H20N4O2/c24-19(25-15-9-5-2-6-10-15)21-14-11-16-18(20-12-14)23-17(22-16)13-7-3-1-4-8-13/h1,3-4,7-8,11-12,15H,2,5-6,9-10H2,(H,21,24)(H,20,22,23). The minimum atomic E-state index is -0.421. The summed E-state index contributed by atoms with van der Waals surface area (Å²) >= 11 is 0. The quantitative estimate of drug-likeness (QED) is 0.737. The van der Waals surface area contributed by atoms with Crippen LogP contribution in [0.3, 0.4) is 0 Å². The van der Waals surface area contributed by atoms with Gasteiger partial charge in [0.1, 0.15) is 11.9 Å². The Balaban J connectivity index is 1.48. The second-order valence-corrected chi connectivity index (χ2v) is 6.34. The molecule has 0 aliphatic heterocycles. The van der Waals surface area contributed by atoms with Gasteiger partial charge in [-0.1, -0.05) is 36.8 Å². The van der Waals surface area contributed by atoms with E-state index >= 15 is 0 Å². The van der Waals surface area contributed by atoms with Crippen molar-refractivity contribution in [1.82, 2.24) is 15.0 Å². The van der Waals surface area contributed by atoms with Gasteiger partial charge in [-0.3, -0.25) is 5.32 Å². The summed E-state index contributed by atoms with van der Waals surface area (Å²) in [5.41, 5.74) is 2.97. The number of imidazole rings is 1. The van der Waals surface area contributed by atoms with E-state index in [4.69, 9.17) is 4.74 Å². The zero-order chi connectivity index (χ0) is 17.1. The van der Waals surface area contributed by atoms with Gasteiger partial charge in [-0.2, -0.15) is 0 Å². The lowest BCUT2D eigenvalue weighted by molar-refractivity contribution is 0.0865. The van der Waals surface area contributed by atoms with E-state index in [9.17, 15) is 4.79 Å². The highest BCUT2D eigenvalue weighted by atomic mass is 16.6. The zero-order valence-electron chi connectivity index (χ0n) is 13.9. The number of hydrogen-bond acceptors (Lipinski definition) is 4. The SMILES string of the molecule is O=C(Nc1cnc2nc(-c3ccccc3)[nH]c2c1)OC1CCCCC1. The summed E-state index contributed by atoms with van der Waals surface area (Å²) < 4.78 is 5.48. The predicted molar refractivity (Wildman–Crippen MR) is 96.3 cm³/mol. The van der Waals surface area contributed by atoms with E-state index in [1.165, 1.54) is 6.42 Å². The van der Waals surface area contributed by atoms with Crippen molar-refractivity contribution in [2.45, 2.75) is 38.2 Å². The van der Waals surface area contributed by atoms with Gasteiger partial charge >= 0.3 is 6.09 Å². The van der Waals surface area contributed by atoms with Crippen LogP contribution in [0.5, 0.6) is 0 Å². The Morgan fingerprint density at radius 2 is 1.96 bits per heavy atom. The molecule has 1 aromatic carbocycles. The first-order chi connectivity index (χ1) is 12.3. The molecule has 25 heavy (non-hydrogen) atoms. The van der Waals surface area contributed by atoms with E-state index in [2.05, 4.69) is 20.3 Å². The number of nitrogens with one attached hydrogen (secondary N) is 2. The van der Waals surface area contributed by atoms with Gasteiger partial charge in [-0.05, 0) is 31.7 Å². The van der Waals surface area contributed by atoms with E-state index in [1.54, 1.807) is 6.20 Å². The van der Waals surface area contributed by atoms with Crippen LogP contribution in [0.1, 0.15) is 32.1 Å². The molecule has 1 aliphatic carbocycles. The largest absolute Gasteiger partial charge is 0.446 e. The van der Waals surface area contributed by atoms with Gasteiger partial charge < -0.3 is 9.72 Å². The maximum absolute atomic E-state index is 12.1. The van der Waals surface area contributed by atoms with Crippen LogP contribution in [0.2, 0.25) is 0 Å². The topological polar surface area (TPSA) is 79.9 Å². The number of nitrogens with zero attached hydrogens (tertiary/aromatic N) is 2. The molecule has 0 atom stereocenters. The summed E-state index contributed by atoms with van der Waals surface area (Å²) in [5, 5.41) is 2.76. The summed E-state index contributed by atoms with van der Waals surface area (Å²) in [6.07, 6.45) is 6.59. The van der Waals surface area contributed by atoms with Crippen LogP contribution in [0.4, 0.5) is 10.5 Å². The first-order valence-corrected chi connectivity index (χ1v) is 8.67. The third kappa shape index (κ3) is 3.63. The summed E-state index contributed by atoms with van der Waals surface area (Å²) in [7, 11) is 0. The number of hydrogen-bond donors (Lipinski definition) is 2. The molecule has 0 bridgehead atoms. The van der Waals surface area contributed by atoms with Crippen molar-refractivity contribution in [3.8, 4) is 11.4 Å². The normalized spacial score (nSPS) is 15.2. The van der Waals surface area contributed by atoms with Gasteiger partial charge in [-0.15, -0.1) is 0 Å². The number of anilines is 1. The Bertz CT molecular complexity index is 870. The lowest BCUT2D eigenvalue weighted by Gasteiger charge is -2.21. The lowest BCUT2D eigenvalue weighted by atomic mass is 9.98. The molecule has 1 fully saturated rings. The summed E-state index contributed by atoms with van der Waals surface area (Å²) in [6.45, 7) is 0. The number of pyridine rings is 1. The fourth-order valence-electron chi connectivity index (χ4n) is 3.18. The fraction of sp³-hybridized carbons (Fsp3) is 0.316. The molecule has 2 heterocycles. The summed E-state index contributed by atoms with van der Waals surface area (Å²) in [4.78, 5) is 24.1. The average Bonchev–Trinajstić information content (AvgIpc) is 3.06. The molecule has 0 unspecified atom stereocenters. The maximum Gasteiger partial charge on any atom is 0.411 e. The average molecular weight is 336 g/mol. The molecule has 1 saturated carbocycles. The van der Waals surface area contributed by atoms with Crippen molar-refractivity contribution in [3.63, 3.8) is 0 Å². The number of carbonyl (C=O) groups excluding carboxylic acids is 1. The van der Waals surface area contributed by atoms with Crippen molar-refractivity contribution >= 4 is 22.9 Å². The third-order valence-electron chi connectivity index (χ3n) is 4.46. The summed E-state index contributed by atoms with van der Waals surface area (Å²) in [6, 6.07) is 11.7. The number of carbonyl (C=O) groups is 1. The first kappa shape index (κ1) is 15.6. The van der Waals surface area contributed by atoms with Crippen molar-refractivity contribution in [2.24, 2.45) is 0 Å². The minimum absolute atomic E-state index is 0.0299. The highest BCUT2D eigenvalue weighted by molar-refractivity contribution is 5.88. The Kier molecular flexibility index (Phi) is 4.33. The number of fused-ring (bicyclic) bond motifs is 1. The molecular formula is C19H20N4O2. The zero-order valence-corrected chi connectivity index (χ0v) is 13.9. The van der Waals surface area contributed by atoms with Crippen LogP contribution in [-0.2, 0) is 4.74 Å². The molecule has 3 aromatic rings. The Labute approximate surface area is 145 Å². The van der Waals surface area contributed by atoms with Crippen LogP contribution in [0.25, 0.3) is 22.6 Å². The smallest absolute Gasteiger partial charge is 0.411 e. The Morgan fingerprint density at radius 1 is 1.16 bits per heavy atom. The van der Waals surface area contributed by atoms with Crippen molar-refractivity contribution in [1.29, 1.82) is 0 Å². The molecule has 1 amide bonds. The van der Waals surface area contributed by atoms with Gasteiger partial charge in [-0.25, -0.2) is 14.8 Å². The number of aromatic amines is 1. The molecule has 2 N–H and O–H groups in total. The molecule has 0 radical (unpaired) electrons. The Morgan fingerprint density at radius 3 is 2.76 bits per heavy atom. The van der Waals surface area contributed by atoms with E-state index in [1.807, 2.05) is 36.4 Å². The molecule has 128 valence electrons. The number of H-pyrrole nitrogens is 1. The number of amides is 1. The monoisotopic (exact) mass is 336 g/mol. The molecule has 4 rings (SSSR count). The molecule has 6 nitrogen and oxygen atoms in total. The molecule has 0 spiro atoms. The van der Waals surface area contributed by atoms with Crippen LogP contribution in [-0.4, -0.2) is 27.1 Å². The van der Waals surface area contributed by atoms with Crippen LogP contribution in [0, 0.1) is 0 Å². The van der Waals surface area contributed by atoms with E-state index < -0.39 is 6.09 Å². The van der Waals surface area contributed by atoms with Crippen LogP contribution in [0.15, 0.2) is 42.6 Å². The van der Waals surface area contributed by atoms with Crippen molar-refractivity contribution < 1.29 is 9.53 Å². The number of benzene rings is 1. The first-order valence-electron chi connectivity index (χ1n) is 8.67. The number of rotatable bonds is 3. The van der Waals surface area contributed by atoms with Gasteiger partial charge in [0.05, 0.1) is 17.4 Å². The van der Waals surface area contributed by atoms with Crippen LogP contribution >= 0.6 is 0 Å². The number of ether oxygens (including phenoxy) is 1. The lowest BCUT2D eigenvalue weighted by Crippen LogP contribution is -2.24. The van der Waals surface area contributed by atoms with Crippen LogP contribution < -0.4 is 5.32 Å². The Hall–Kier alpha value is -2.89.